The molecule has 0 aliphatic carbocycles. The first-order valence-electron chi connectivity index (χ1n) is 8.63. The molecule has 1 aliphatic rings. The highest BCUT2D eigenvalue weighted by atomic mass is 32.2. The Kier molecular flexibility index (Phi) is 7.31. The number of benzene rings is 1. The molecular weight excluding hydrogens is 374 g/mol. The van der Waals surface area contributed by atoms with Crippen LogP contribution in [0.1, 0.15) is 36.0 Å². The van der Waals surface area contributed by atoms with E-state index in [1.807, 2.05) is 5.32 Å². The minimum atomic E-state index is -3.70. The summed E-state index contributed by atoms with van der Waals surface area (Å²) in [5.74, 6) is -1.65. The number of carbonyl (C=O) groups is 3. The summed E-state index contributed by atoms with van der Waals surface area (Å²) in [4.78, 5) is 34.6. The van der Waals surface area contributed by atoms with Gasteiger partial charge in [-0.25, -0.2) is 18.0 Å². The van der Waals surface area contributed by atoms with Gasteiger partial charge >= 0.3 is 12.0 Å². The quantitative estimate of drug-likeness (QED) is 0.711. The molecule has 1 heterocycles. The highest BCUT2D eigenvalue weighted by molar-refractivity contribution is 7.89. The Bertz CT molecular complexity index is 801. The van der Waals surface area contributed by atoms with Gasteiger partial charge in [0.05, 0.1) is 10.5 Å². The average molecular weight is 397 g/mol. The summed E-state index contributed by atoms with van der Waals surface area (Å²) in [5.41, 5.74) is 0.0126. The van der Waals surface area contributed by atoms with Crippen molar-refractivity contribution in [3.63, 3.8) is 0 Å². The van der Waals surface area contributed by atoms with Crippen LogP contribution in [0.15, 0.2) is 29.2 Å². The van der Waals surface area contributed by atoms with E-state index in [9.17, 15) is 22.8 Å². The normalized spacial score (nSPS) is 15.4. The summed E-state index contributed by atoms with van der Waals surface area (Å²) in [7, 11) is -2.36. The van der Waals surface area contributed by atoms with Crippen LogP contribution in [0.3, 0.4) is 0 Å². The Hall–Kier alpha value is -2.46. The number of nitrogens with zero attached hydrogens (tertiary/aromatic N) is 1. The third-order valence-electron chi connectivity index (χ3n) is 4.09. The maximum atomic E-state index is 12.8. The van der Waals surface area contributed by atoms with Crippen molar-refractivity contribution in [2.45, 2.75) is 30.6 Å². The topological polar surface area (TPSA) is 122 Å². The number of ether oxygens (including phenoxy) is 1. The largest absolute Gasteiger partial charge is 0.452 e. The van der Waals surface area contributed by atoms with Crippen LogP contribution in [0.5, 0.6) is 0 Å². The highest BCUT2D eigenvalue weighted by Crippen LogP contribution is 2.21. The first-order chi connectivity index (χ1) is 12.8. The van der Waals surface area contributed by atoms with Gasteiger partial charge in [-0.2, -0.15) is 4.31 Å². The zero-order valence-corrected chi connectivity index (χ0v) is 15.9. The molecule has 1 saturated heterocycles. The molecule has 1 fully saturated rings. The molecule has 0 saturated carbocycles. The molecule has 9 nitrogen and oxygen atoms in total. The van der Waals surface area contributed by atoms with Crippen LogP contribution in [0, 0.1) is 0 Å². The minimum absolute atomic E-state index is 0.00802. The molecule has 0 spiro atoms. The lowest BCUT2D eigenvalue weighted by molar-refractivity contribution is -0.123. The van der Waals surface area contributed by atoms with Crippen molar-refractivity contribution < 1.29 is 27.5 Å². The van der Waals surface area contributed by atoms with Crippen molar-refractivity contribution in [1.29, 1.82) is 0 Å². The van der Waals surface area contributed by atoms with Crippen molar-refractivity contribution in [3.05, 3.63) is 29.8 Å². The molecule has 1 aromatic carbocycles. The second kappa shape index (κ2) is 9.47. The summed E-state index contributed by atoms with van der Waals surface area (Å²) < 4.78 is 31.9. The lowest BCUT2D eigenvalue weighted by Gasteiger charge is -2.20. The van der Waals surface area contributed by atoms with Gasteiger partial charge in [0.2, 0.25) is 10.0 Å². The molecule has 27 heavy (non-hydrogen) atoms. The van der Waals surface area contributed by atoms with Gasteiger partial charge in [0.15, 0.2) is 6.61 Å². The summed E-state index contributed by atoms with van der Waals surface area (Å²) >= 11 is 0. The predicted octanol–water partition coefficient (Wildman–Crippen LogP) is 0.864. The lowest BCUT2D eigenvalue weighted by Crippen LogP contribution is -2.39. The first kappa shape index (κ1) is 20.8. The van der Waals surface area contributed by atoms with E-state index in [2.05, 4.69) is 5.32 Å². The van der Waals surface area contributed by atoms with Crippen molar-refractivity contribution in [1.82, 2.24) is 14.9 Å². The van der Waals surface area contributed by atoms with Crippen LogP contribution in [-0.2, 0) is 19.6 Å². The maximum absolute atomic E-state index is 12.8. The van der Waals surface area contributed by atoms with E-state index in [-0.39, 0.29) is 10.5 Å². The van der Waals surface area contributed by atoms with E-state index < -0.39 is 34.5 Å². The van der Waals surface area contributed by atoms with E-state index in [1.165, 1.54) is 35.6 Å². The van der Waals surface area contributed by atoms with Crippen molar-refractivity contribution in [3.8, 4) is 0 Å². The number of carbonyl (C=O) groups excluding carboxylic acids is 3. The van der Waals surface area contributed by atoms with Gasteiger partial charge in [-0.1, -0.05) is 18.9 Å². The molecule has 0 bridgehead atoms. The van der Waals surface area contributed by atoms with Crippen LogP contribution in [-0.4, -0.2) is 57.4 Å². The number of rotatable bonds is 5. The highest BCUT2D eigenvalue weighted by Gasteiger charge is 2.26. The Morgan fingerprint density at radius 3 is 2.41 bits per heavy atom. The molecule has 2 N–H and O–H groups in total. The lowest BCUT2D eigenvalue weighted by atomic mass is 10.2. The molecule has 0 radical (unpaired) electrons. The van der Waals surface area contributed by atoms with E-state index >= 15 is 0 Å². The van der Waals surface area contributed by atoms with Crippen LogP contribution in [0.2, 0.25) is 0 Å². The average Bonchev–Trinajstić information content (AvgIpc) is 2.96. The van der Waals surface area contributed by atoms with E-state index in [0.717, 1.165) is 25.7 Å². The smallest absolute Gasteiger partial charge is 0.338 e. The molecule has 148 valence electrons. The molecule has 1 aromatic rings. The van der Waals surface area contributed by atoms with Crippen LogP contribution in [0.4, 0.5) is 4.79 Å². The van der Waals surface area contributed by atoms with Gasteiger partial charge < -0.3 is 10.1 Å². The first-order valence-corrected chi connectivity index (χ1v) is 10.1. The van der Waals surface area contributed by atoms with Crippen LogP contribution < -0.4 is 10.6 Å². The molecular formula is C17H23N3O6S. The summed E-state index contributed by atoms with van der Waals surface area (Å²) in [6, 6.07) is 4.79. The summed E-state index contributed by atoms with van der Waals surface area (Å²) in [6.45, 7) is 0.253. The number of urea groups is 1. The molecule has 3 amide bonds. The van der Waals surface area contributed by atoms with Crippen LogP contribution in [0.25, 0.3) is 0 Å². The number of hydrogen-bond acceptors (Lipinski definition) is 6. The minimum Gasteiger partial charge on any atom is -0.452 e. The van der Waals surface area contributed by atoms with Crippen molar-refractivity contribution in [2.75, 3.05) is 26.7 Å². The molecule has 0 unspecified atom stereocenters. The number of hydrogen-bond donors (Lipinski definition) is 2. The van der Waals surface area contributed by atoms with E-state index in [1.54, 1.807) is 0 Å². The van der Waals surface area contributed by atoms with E-state index in [4.69, 9.17) is 4.74 Å². The fourth-order valence-corrected chi connectivity index (χ4v) is 4.22. The van der Waals surface area contributed by atoms with Crippen molar-refractivity contribution in [2.24, 2.45) is 0 Å². The monoisotopic (exact) mass is 397 g/mol. The van der Waals surface area contributed by atoms with Gasteiger partial charge in [-0.15, -0.1) is 0 Å². The number of nitrogens with one attached hydrogen (secondary N) is 2. The number of sulfonamides is 1. The zero-order valence-electron chi connectivity index (χ0n) is 15.1. The number of esters is 1. The maximum Gasteiger partial charge on any atom is 0.338 e. The van der Waals surface area contributed by atoms with Crippen molar-refractivity contribution >= 4 is 27.9 Å². The Labute approximate surface area is 158 Å². The SMILES string of the molecule is CNC(=O)NC(=O)COC(=O)c1cccc(S(=O)(=O)N2CCCCCC2)c1. The van der Waals surface area contributed by atoms with Gasteiger partial charge in [-0.05, 0) is 31.0 Å². The fraction of sp³-hybridized carbons (Fsp3) is 0.471. The second-order valence-corrected chi connectivity index (χ2v) is 7.99. The third kappa shape index (κ3) is 5.76. The van der Waals surface area contributed by atoms with Gasteiger partial charge in [0, 0.05) is 20.1 Å². The summed E-state index contributed by atoms with van der Waals surface area (Å²) in [6.07, 6.45) is 3.61. The van der Waals surface area contributed by atoms with Gasteiger partial charge in [-0.3, -0.25) is 10.1 Å². The third-order valence-corrected chi connectivity index (χ3v) is 5.98. The molecule has 2 rings (SSSR count). The molecule has 1 aliphatic heterocycles. The van der Waals surface area contributed by atoms with Crippen LogP contribution >= 0.6 is 0 Å². The van der Waals surface area contributed by atoms with E-state index in [0.29, 0.717) is 13.1 Å². The second-order valence-electron chi connectivity index (χ2n) is 6.05. The summed E-state index contributed by atoms with van der Waals surface area (Å²) in [5, 5.41) is 4.14. The standard InChI is InChI=1S/C17H23N3O6S/c1-18-17(23)19-15(21)12-26-16(22)13-7-6-8-14(11-13)27(24,25)20-9-4-2-3-5-10-20/h6-8,11H,2-5,9-10,12H2,1H3,(H2,18,19,21,23). The molecule has 10 heteroatoms. The fourth-order valence-electron chi connectivity index (χ4n) is 2.65. The molecule has 0 atom stereocenters. The number of amides is 3. The predicted molar refractivity (Wildman–Crippen MR) is 96.5 cm³/mol. The number of imide groups is 1. The Morgan fingerprint density at radius 1 is 1.11 bits per heavy atom. The Morgan fingerprint density at radius 2 is 1.78 bits per heavy atom. The molecule has 0 aromatic heterocycles. The Balaban J connectivity index is 2.06. The zero-order chi connectivity index (χ0) is 19.9. The van der Waals surface area contributed by atoms with Gasteiger partial charge in [0.1, 0.15) is 0 Å². The van der Waals surface area contributed by atoms with Gasteiger partial charge in [0.25, 0.3) is 5.91 Å².